The Morgan fingerprint density at radius 1 is 0.953 bits per heavy atom. The third-order valence-corrected chi connectivity index (χ3v) is 12.9. The van der Waals surface area contributed by atoms with Crippen molar-refractivity contribution in [3.05, 3.63) is 59.2 Å². The summed E-state index contributed by atoms with van der Waals surface area (Å²) in [5, 5.41) is 0. The van der Waals surface area contributed by atoms with Crippen LogP contribution in [-0.4, -0.2) is 70.7 Å². The van der Waals surface area contributed by atoms with Crippen molar-refractivity contribution >= 4 is 25.6 Å². The quantitative estimate of drug-likeness (QED) is 0.440. The minimum Gasteiger partial charge on any atom is -0.491 e. The fraction of sp³-hybridized carbons (Fsp3) is 0.519. The van der Waals surface area contributed by atoms with Crippen LogP contribution < -0.4 is 4.74 Å². The first kappa shape index (κ1) is 31.5. The number of carbonyl (C=O) groups excluding carboxylic acids is 1. The third-order valence-electron chi connectivity index (χ3n) is 8.65. The summed E-state index contributed by atoms with van der Waals surface area (Å²) in [7, 11) is -7.85. The van der Waals surface area contributed by atoms with Crippen molar-refractivity contribution in [3.63, 3.8) is 0 Å². The monoisotopic (exact) mass is 657 g/mol. The van der Waals surface area contributed by atoms with Gasteiger partial charge in [-0.1, -0.05) is 29.8 Å². The van der Waals surface area contributed by atoms with Crippen LogP contribution in [0.5, 0.6) is 5.75 Å². The summed E-state index contributed by atoms with van der Waals surface area (Å²) >= 11 is 0. The van der Waals surface area contributed by atoms with Crippen molar-refractivity contribution in [2.75, 3.05) is 24.7 Å². The van der Waals surface area contributed by atoms with Gasteiger partial charge >= 0.3 is 18.0 Å². The molecular formula is C27H26F7NO6S2. The molecule has 5 rings (SSSR count). The zero-order valence-corrected chi connectivity index (χ0v) is 24.1. The molecule has 2 atom stereocenters. The lowest BCUT2D eigenvalue weighted by molar-refractivity contribution is -0.348. The summed E-state index contributed by atoms with van der Waals surface area (Å²) in [6, 6.07) is 5.51. The maximum atomic E-state index is 14.9. The Balaban J connectivity index is 1.65. The van der Waals surface area contributed by atoms with Crippen LogP contribution in [0.4, 0.5) is 30.7 Å². The Bertz CT molecular complexity index is 1630. The molecule has 16 heteroatoms. The minimum atomic E-state index is -6.40. The Kier molecular flexibility index (Phi) is 7.39. The molecule has 0 spiro atoms. The summed E-state index contributed by atoms with van der Waals surface area (Å²) < 4.78 is 152. The average molecular weight is 658 g/mol. The van der Waals surface area contributed by atoms with Gasteiger partial charge in [0.15, 0.2) is 9.84 Å². The molecule has 0 N–H and O–H groups in total. The van der Waals surface area contributed by atoms with Crippen molar-refractivity contribution in [1.82, 2.24) is 4.90 Å². The highest BCUT2D eigenvalue weighted by Gasteiger charge is 2.74. The van der Waals surface area contributed by atoms with Crippen LogP contribution in [0.2, 0.25) is 0 Å². The molecule has 0 radical (unpaired) electrons. The lowest BCUT2D eigenvalue weighted by atomic mass is 9.85. The number of carbonyl (C=O) groups is 1. The van der Waals surface area contributed by atoms with Gasteiger partial charge in [0.05, 0.1) is 22.4 Å². The highest BCUT2D eigenvalue weighted by Crippen LogP contribution is 2.57. The summed E-state index contributed by atoms with van der Waals surface area (Å²) in [6.45, 7) is 0.907. The van der Waals surface area contributed by atoms with E-state index in [2.05, 4.69) is 0 Å². The maximum Gasteiger partial charge on any atom is 0.435 e. The molecule has 0 aliphatic carbocycles. The number of hydrogen-bond acceptors (Lipinski definition) is 6. The van der Waals surface area contributed by atoms with E-state index < -0.39 is 78.2 Å². The number of amides is 1. The second-order valence-electron chi connectivity index (χ2n) is 11.1. The van der Waals surface area contributed by atoms with Crippen molar-refractivity contribution in [2.45, 2.75) is 59.9 Å². The molecule has 1 amide bonds. The van der Waals surface area contributed by atoms with Gasteiger partial charge in [0.1, 0.15) is 26.9 Å². The Labute approximate surface area is 242 Å². The number of benzene rings is 2. The van der Waals surface area contributed by atoms with Crippen molar-refractivity contribution in [2.24, 2.45) is 5.92 Å². The molecule has 3 heterocycles. The van der Waals surface area contributed by atoms with E-state index in [1.807, 2.05) is 0 Å². The lowest BCUT2D eigenvalue weighted by Crippen LogP contribution is -2.56. The van der Waals surface area contributed by atoms with Crippen LogP contribution in [0.15, 0.2) is 47.4 Å². The van der Waals surface area contributed by atoms with Gasteiger partial charge in [-0.05, 0) is 44.4 Å². The number of sulfone groups is 2. The van der Waals surface area contributed by atoms with Crippen LogP contribution in [0.3, 0.4) is 0 Å². The summed E-state index contributed by atoms with van der Waals surface area (Å²) in [5.74, 6) is -2.42. The second-order valence-corrected chi connectivity index (χ2v) is 15.6. The summed E-state index contributed by atoms with van der Waals surface area (Å²) in [5.41, 5.74) is -7.20. The van der Waals surface area contributed by atoms with E-state index in [0.29, 0.717) is 11.6 Å². The van der Waals surface area contributed by atoms with E-state index >= 15 is 0 Å². The molecule has 0 saturated carbocycles. The molecule has 3 aliphatic heterocycles. The first-order chi connectivity index (χ1) is 19.8. The Morgan fingerprint density at radius 3 is 2.09 bits per heavy atom. The highest BCUT2D eigenvalue weighted by atomic mass is 32.2. The van der Waals surface area contributed by atoms with Crippen molar-refractivity contribution in [3.8, 4) is 5.75 Å². The molecule has 2 fully saturated rings. The average Bonchev–Trinajstić information content (AvgIpc) is 3.32. The van der Waals surface area contributed by atoms with Gasteiger partial charge < -0.3 is 9.64 Å². The molecule has 0 bridgehead atoms. The van der Waals surface area contributed by atoms with E-state index in [1.165, 1.54) is 29.2 Å². The topological polar surface area (TPSA) is 97.8 Å². The van der Waals surface area contributed by atoms with E-state index in [4.69, 9.17) is 4.74 Å². The van der Waals surface area contributed by atoms with Crippen LogP contribution in [0.1, 0.15) is 36.0 Å². The summed E-state index contributed by atoms with van der Waals surface area (Å²) in [4.78, 5) is 14.7. The molecule has 7 nitrogen and oxygen atoms in total. The minimum absolute atomic E-state index is 0.0103. The predicted molar refractivity (Wildman–Crippen MR) is 138 cm³/mol. The van der Waals surface area contributed by atoms with Gasteiger partial charge in [0, 0.05) is 23.6 Å². The summed E-state index contributed by atoms with van der Waals surface area (Å²) in [6.07, 6.45) is -13.1. The van der Waals surface area contributed by atoms with Crippen molar-refractivity contribution in [1.29, 1.82) is 0 Å². The largest absolute Gasteiger partial charge is 0.491 e. The fourth-order valence-electron chi connectivity index (χ4n) is 6.28. The number of alkyl halides is 7. The lowest BCUT2D eigenvalue weighted by Gasteiger charge is -2.43. The smallest absolute Gasteiger partial charge is 0.435 e. The van der Waals surface area contributed by atoms with E-state index in [9.17, 15) is 52.4 Å². The van der Waals surface area contributed by atoms with Crippen LogP contribution in [0.25, 0.3) is 0 Å². The van der Waals surface area contributed by atoms with Gasteiger partial charge in [-0.25, -0.2) is 21.2 Å². The number of likely N-dealkylation sites (tertiary alicyclic amines) is 1. The number of fused-ring (bicyclic) bond motifs is 3. The molecule has 2 aromatic rings. The van der Waals surface area contributed by atoms with E-state index in [-0.39, 0.29) is 59.9 Å². The normalized spacial score (nSPS) is 24.7. The van der Waals surface area contributed by atoms with Gasteiger partial charge in [-0.2, -0.15) is 26.3 Å². The number of aryl methyl sites for hydroxylation is 1. The molecule has 2 saturated heterocycles. The van der Waals surface area contributed by atoms with Gasteiger partial charge in [0.25, 0.3) is 0 Å². The third kappa shape index (κ3) is 4.79. The number of rotatable bonds is 4. The SMILES string of the molecule is Cc1ccc(S(=O)(=O)C23CCN(C(=O)C4CCS(=O)(=O)CC4)C2COc2cc(C(F)(C(F)(F)F)C(F)(F)F)ccc23)cc1. The number of nitrogens with zero attached hydrogens (tertiary/aromatic N) is 1. The standard InChI is InChI=1S/C27H26F7NO6S2/c1-16-2-5-19(6-3-16)43(39,40)24-10-11-35(23(36)17-8-12-42(37,38)13-9-17)22(24)15-41-21-14-18(4-7-20(21)24)25(28,26(29,30)31)27(32,33)34/h2-7,14,17,22H,8-13,15H2,1H3. The molecule has 2 aromatic carbocycles. The molecular weight excluding hydrogens is 631 g/mol. The zero-order valence-electron chi connectivity index (χ0n) is 22.5. The van der Waals surface area contributed by atoms with Gasteiger partial charge in [0.2, 0.25) is 5.91 Å². The maximum absolute atomic E-state index is 14.9. The van der Waals surface area contributed by atoms with Gasteiger partial charge in [-0.3, -0.25) is 4.79 Å². The first-order valence-corrected chi connectivity index (χ1v) is 16.5. The first-order valence-electron chi connectivity index (χ1n) is 13.2. The van der Waals surface area contributed by atoms with Crippen LogP contribution >= 0.6 is 0 Å². The number of hydrogen-bond donors (Lipinski definition) is 0. The molecule has 236 valence electrons. The predicted octanol–water partition coefficient (Wildman–Crippen LogP) is 4.77. The Morgan fingerprint density at radius 2 is 1.53 bits per heavy atom. The molecule has 3 aliphatic rings. The van der Waals surface area contributed by atoms with Crippen LogP contribution in [0, 0.1) is 12.8 Å². The Hall–Kier alpha value is -2.88. The fourth-order valence-corrected chi connectivity index (χ4v) is 10.1. The van der Waals surface area contributed by atoms with E-state index in [0.717, 1.165) is 0 Å². The van der Waals surface area contributed by atoms with Crippen molar-refractivity contribution < 1.29 is 57.1 Å². The van der Waals surface area contributed by atoms with Gasteiger partial charge in [-0.15, -0.1) is 0 Å². The number of ether oxygens (including phenoxy) is 1. The second kappa shape index (κ2) is 10.1. The van der Waals surface area contributed by atoms with Crippen LogP contribution in [-0.2, 0) is 34.9 Å². The molecule has 0 aromatic heterocycles. The molecule has 43 heavy (non-hydrogen) atoms. The zero-order chi connectivity index (χ0) is 31.8. The highest BCUT2D eigenvalue weighted by molar-refractivity contribution is 7.92. The molecule has 2 unspecified atom stereocenters. The van der Waals surface area contributed by atoms with E-state index in [1.54, 1.807) is 6.92 Å². The number of halogens is 7.